The van der Waals surface area contributed by atoms with Gasteiger partial charge >= 0.3 is 0 Å². The SMILES string of the molecule is CC(CN)C(=O)N(C)c1cccc(F)c1. The van der Waals surface area contributed by atoms with Gasteiger partial charge in [-0.2, -0.15) is 0 Å². The Labute approximate surface area is 88.7 Å². The van der Waals surface area contributed by atoms with Gasteiger partial charge in [0.1, 0.15) is 5.82 Å². The van der Waals surface area contributed by atoms with E-state index in [-0.39, 0.29) is 17.6 Å². The number of nitrogens with two attached hydrogens (primary N) is 1. The van der Waals surface area contributed by atoms with Crippen LogP contribution in [-0.2, 0) is 4.79 Å². The van der Waals surface area contributed by atoms with E-state index in [0.29, 0.717) is 12.2 Å². The second kappa shape index (κ2) is 4.89. The molecule has 15 heavy (non-hydrogen) atoms. The van der Waals surface area contributed by atoms with E-state index >= 15 is 0 Å². The smallest absolute Gasteiger partial charge is 0.230 e. The number of nitrogens with zero attached hydrogens (tertiary/aromatic N) is 1. The lowest BCUT2D eigenvalue weighted by atomic mass is 10.1. The number of carbonyl (C=O) groups excluding carboxylic acids is 1. The van der Waals surface area contributed by atoms with Crippen LogP contribution < -0.4 is 10.6 Å². The van der Waals surface area contributed by atoms with Gasteiger partial charge in [0, 0.05) is 25.2 Å². The number of carbonyl (C=O) groups is 1. The summed E-state index contributed by atoms with van der Waals surface area (Å²) in [5.41, 5.74) is 5.94. The zero-order valence-electron chi connectivity index (χ0n) is 8.90. The maximum absolute atomic E-state index is 12.9. The summed E-state index contributed by atoms with van der Waals surface area (Å²) < 4.78 is 12.9. The van der Waals surface area contributed by atoms with E-state index in [1.165, 1.54) is 17.0 Å². The summed E-state index contributed by atoms with van der Waals surface area (Å²) in [6.07, 6.45) is 0. The van der Waals surface area contributed by atoms with E-state index in [2.05, 4.69) is 0 Å². The molecule has 0 saturated carbocycles. The molecule has 1 aromatic rings. The molecular weight excluding hydrogens is 195 g/mol. The molecule has 82 valence electrons. The quantitative estimate of drug-likeness (QED) is 0.819. The third kappa shape index (κ3) is 2.76. The van der Waals surface area contributed by atoms with E-state index < -0.39 is 0 Å². The van der Waals surface area contributed by atoms with Gasteiger partial charge in [-0.1, -0.05) is 13.0 Å². The fraction of sp³-hybridized carbons (Fsp3) is 0.364. The fourth-order valence-electron chi connectivity index (χ4n) is 1.24. The highest BCUT2D eigenvalue weighted by Crippen LogP contribution is 2.15. The third-order valence-corrected chi connectivity index (χ3v) is 2.30. The lowest BCUT2D eigenvalue weighted by molar-refractivity contribution is -0.121. The summed E-state index contributed by atoms with van der Waals surface area (Å²) >= 11 is 0. The van der Waals surface area contributed by atoms with E-state index in [9.17, 15) is 9.18 Å². The molecule has 0 spiro atoms. The molecule has 0 aromatic heterocycles. The average Bonchev–Trinajstić information content (AvgIpc) is 2.26. The van der Waals surface area contributed by atoms with Gasteiger partial charge in [-0.05, 0) is 18.2 Å². The number of halogens is 1. The van der Waals surface area contributed by atoms with E-state index in [1.807, 2.05) is 0 Å². The molecule has 0 radical (unpaired) electrons. The maximum Gasteiger partial charge on any atom is 0.230 e. The summed E-state index contributed by atoms with van der Waals surface area (Å²) in [6, 6.07) is 5.92. The first kappa shape index (κ1) is 11.7. The highest BCUT2D eigenvalue weighted by molar-refractivity contribution is 5.94. The minimum atomic E-state index is -0.354. The molecule has 1 unspecified atom stereocenters. The monoisotopic (exact) mass is 210 g/mol. The van der Waals surface area contributed by atoms with Crippen molar-refractivity contribution in [1.82, 2.24) is 0 Å². The molecule has 0 saturated heterocycles. The number of benzene rings is 1. The molecular formula is C11H15FN2O. The molecule has 0 heterocycles. The summed E-state index contributed by atoms with van der Waals surface area (Å²) in [5.74, 6) is -0.714. The number of hydrogen-bond acceptors (Lipinski definition) is 2. The summed E-state index contributed by atoms with van der Waals surface area (Å²) in [7, 11) is 1.61. The molecule has 0 aliphatic rings. The molecule has 4 heteroatoms. The Morgan fingerprint density at radius 1 is 1.60 bits per heavy atom. The van der Waals surface area contributed by atoms with Crippen molar-refractivity contribution < 1.29 is 9.18 Å². The lowest BCUT2D eigenvalue weighted by Crippen LogP contribution is -2.35. The molecule has 2 N–H and O–H groups in total. The van der Waals surface area contributed by atoms with E-state index in [0.717, 1.165) is 0 Å². The highest BCUT2D eigenvalue weighted by Gasteiger charge is 2.17. The average molecular weight is 210 g/mol. The van der Waals surface area contributed by atoms with Crippen LogP contribution in [-0.4, -0.2) is 19.5 Å². The van der Waals surface area contributed by atoms with Gasteiger partial charge in [-0.25, -0.2) is 4.39 Å². The Balaban J connectivity index is 2.85. The molecule has 3 nitrogen and oxygen atoms in total. The molecule has 1 aromatic carbocycles. The van der Waals surface area contributed by atoms with Gasteiger partial charge in [-0.15, -0.1) is 0 Å². The molecule has 1 rings (SSSR count). The molecule has 1 atom stereocenters. The van der Waals surface area contributed by atoms with Crippen LogP contribution in [0.1, 0.15) is 6.92 Å². The highest BCUT2D eigenvalue weighted by atomic mass is 19.1. The van der Waals surface area contributed by atoms with Crippen LogP contribution in [0.2, 0.25) is 0 Å². The van der Waals surface area contributed by atoms with Crippen molar-refractivity contribution in [3.63, 3.8) is 0 Å². The Hall–Kier alpha value is -1.42. The van der Waals surface area contributed by atoms with Gasteiger partial charge in [0.2, 0.25) is 5.91 Å². The van der Waals surface area contributed by atoms with E-state index in [4.69, 9.17) is 5.73 Å². The summed E-state index contributed by atoms with van der Waals surface area (Å²) in [5, 5.41) is 0. The number of rotatable bonds is 3. The van der Waals surface area contributed by atoms with Gasteiger partial charge in [0.05, 0.1) is 0 Å². The third-order valence-electron chi connectivity index (χ3n) is 2.30. The van der Waals surface area contributed by atoms with Crippen molar-refractivity contribution in [2.75, 3.05) is 18.5 Å². The van der Waals surface area contributed by atoms with Crippen LogP contribution in [0.25, 0.3) is 0 Å². The first-order chi connectivity index (χ1) is 7.06. The van der Waals surface area contributed by atoms with Crippen molar-refractivity contribution >= 4 is 11.6 Å². The zero-order chi connectivity index (χ0) is 11.4. The largest absolute Gasteiger partial charge is 0.330 e. The van der Waals surface area contributed by atoms with Crippen LogP contribution in [0.5, 0.6) is 0 Å². The van der Waals surface area contributed by atoms with Crippen LogP contribution in [0.3, 0.4) is 0 Å². The van der Waals surface area contributed by atoms with Gasteiger partial charge in [-0.3, -0.25) is 4.79 Å². The molecule has 0 aliphatic heterocycles. The maximum atomic E-state index is 12.9. The van der Waals surface area contributed by atoms with Crippen LogP contribution in [0, 0.1) is 11.7 Å². The topological polar surface area (TPSA) is 46.3 Å². The second-order valence-electron chi connectivity index (χ2n) is 3.51. The summed E-state index contributed by atoms with van der Waals surface area (Å²) in [6.45, 7) is 2.04. The van der Waals surface area contributed by atoms with Crippen molar-refractivity contribution in [3.8, 4) is 0 Å². The standard InChI is InChI=1S/C11H15FN2O/c1-8(7-13)11(15)14(2)10-5-3-4-9(12)6-10/h3-6,8H,7,13H2,1-2H3. The Morgan fingerprint density at radius 3 is 2.80 bits per heavy atom. The Kier molecular flexibility index (Phi) is 3.80. The lowest BCUT2D eigenvalue weighted by Gasteiger charge is -2.20. The minimum Gasteiger partial charge on any atom is -0.330 e. The molecule has 0 aliphatic carbocycles. The van der Waals surface area contributed by atoms with Crippen LogP contribution >= 0.6 is 0 Å². The molecule has 1 amide bonds. The van der Waals surface area contributed by atoms with Crippen LogP contribution in [0.4, 0.5) is 10.1 Å². The van der Waals surface area contributed by atoms with Crippen molar-refractivity contribution in [3.05, 3.63) is 30.1 Å². The Morgan fingerprint density at radius 2 is 2.27 bits per heavy atom. The number of hydrogen-bond donors (Lipinski definition) is 1. The van der Waals surface area contributed by atoms with Gasteiger partial charge < -0.3 is 10.6 Å². The van der Waals surface area contributed by atoms with E-state index in [1.54, 1.807) is 26.1 Å². The number of amides is 1. The predicted molar refractivity (Wildman–Crippen MR) is 58.0 cm³/mol. The fourth-order valence-corrected chi connectivity index (χ4v) is 1.24. The number of anilines is 1. The zero-order valence-corrected chi connectivity index (χ0v) is 8.90. The van der Waals surface area contributed by atoms with Crippen molar-refractivity contribution in [2.24, 2.45) is 11.7 Å². The van der Waals surface area contributed by atoms with Crippen LogP contribution in [0.15, 0.2) is 24.3 Å². The second-order valence-corrected chi connectivity index (χ2v) is 3.51. The van der Waals surface area contributed by atoms with Crippen molar-refractivity contribution in [1.29, 1.82) is 0 Å². The summed E-state index contributed by atoms with van der Waals surface area (Å²) in [4.78, 5) is 13.1. The van der Waals surface area contributed by atoms with Gasteiger partial charge in [0.25, 0.3) is 0 Å². The Bertz CT molecular complexity index is 354. The first-order valence-electron chi connectivity index (χ1n) is 4.79. The predicted octanol–water partition coefficient (Wildman–Crippen LogP) is 1.38. The molecule has 0 fully saturated rings. The molecule has 0 bridgehead atoms. The van der Waals surface area contributed by atoms with Gasteiger partial charge in [0.15, 0.2) is 0 Å². The first-order valence-corrected chi connectivity index (χ1v) is 4.79. The minimum absolute atomic E-state index is 0.108. The normalized spacial score (nSPS) is 12.3. The van der Waals surface area contributed by atoms with Crippen molar-refractivity contribution in [2.45, 2.75) is 6.92 Å².